The number of nitrogens with zero attached hydrogens (tertiary/aromatic N) is 1. The Hall–Kier alpha value is -2.35. The lowest BCUT2D eigenvalue weighted by Crippen LogP contribution is -2.42. The Bertz CT molecular complexity index is 979. The molecule has 2 radical (unpaired) electrons. The number of halogens is 1. The highest BCUT2D eigenvalue weighted by molar-refractivity contribution is 6.56. The second-order valence-corrected chi connectivity index (χ2v) is 11.6. The van der Waals surface area contributed by atoms with Gasteiger partial charge in [-0.3, -0.25) is 4.90 Å². The van der Waals surface area contributed by atoms with E-state index < -0.39 is 0 Å². The van der Waals surface area contributed by atoms with Gasteiger partial charge in [0, 0.05) is 18.5 Å². The summed E-state index contributed by atoms with van der Waals surface area (Å²) in [7, 11) is 0.416. The SMILES string of the molecule is CCN(CC=CC#CC(C)(C)C)Cc1cccc(OC(C)(C)[Si]c2ccc(F)c(C)c2)c1. The van der Waals surface area contributed by atoms with Gasteiger partial charge in [-0.25, -0.2) is 4.39 Å². The van der Waals surface area contributed by atoms with Gasteiger partial charge in [-0.1, -0.05) is 54.3 Å². The topological polar surface area (TPSA) is 12.5 Å². The van der Waals surface area contributed by atoms with E-state index in [0.29, 0.717) is 15.1 Å². The summed E-state index contributed by atoms with van der Waals surface area (Å²) >= 11 is 0. The van der Waals surface area contributed by atoms with Crippen molar-refractivity contribution in [2.45, 2.75) is 60.2 Å². The molecule has 2 aromatic carbocycles. The second kappa shape index (κ2) is 11.5. The minimum Gasteiger partial charge on any atom is -0.492 e. The van der Waals surface area contributed by atoms with E-state index in [1.165, 1.54) is 11.6 Å². The van der Waals surface area contributed by atoms with E-state index in [1.54, 1.807) is 6.92 Å². The molecule has 2 nitrogen and oxygen atoms in total. The van der Waals surface area contributed by atoms with Crippen molar-refractivity contribution in [3.05, 3.63) is 71.6 Å². The molecule has 0 amide bonds. The Morgan fingerprint density at radius 3 is 2.50 bits per heavy atom. The van der Waals surface area contributed by atoms with Crippen LogP contribution in [0.2, 0.25) is 0 Å². The lowest BCUT2D eigenvalue weighted by molar-refractivity contribution is 0.195. The number of rotatable bonds is 9. The van der Waals surface area contributed by atoms with Gasteiger partial charge in [-0.05, 0) is 83.5 Å². The van der Waals surface area contributed by atoms with Crippen molar-refractivity contribution < 1.29 is 9.13 Å². The fourth-order valence-electron chi connectivity index (χ4n) is 3.18. The fourth-order valence-corrected chi connectivity index (χ4v) is 4.50. The number of likely N-dealkylation sites (N-methyl/N-ethyl adjacent to an activating group) is 1. The van der Waals surface area contributed by atoms with Crippen LogP contribution in [0.4, 0.5) is 4.39 Å². The van der Waals surface area contributed by atoms with Crippen molar-refractivity contribution in [3.63, 3.8) is 0 Å². The first kappa shape index (κ1) is 25.9. The normalized spacial score (nSPS) is 12.2. The number of hydrogen-bond donors (Lipinski definition) is 0. The number of benzene rings is 2. The fraction of sp³-hybridized carbons (Fsp3) is 0.429. The maximum absolute atomic E-state index is 13.6. The van der Waals surface area contributed by atoms with Gasteiger partial charge >= 0.3 is 0 Å². The summed E-state index contributed by atoms with van der Waals surface area (Å²) in [6.07, 6.45) is 4.07. The molecule has 4 heteroatoms. The van der Waals surface area contributed by atoms with Gasteiger partial charge in [0.25, 0.3) is 0 Å². The van der Waals surface area contributed by atoms with Crippen molar-refractivity contribution in [2.24, 2.45) is 5.41 Å². The van der Waals surface area contributed by atoms with Crippen LogP contribution in [-0.2, 0) is 6.54 Å². The van der Waals surface area contributed by atoms with Crippen molar-refractivity contribution in [1.29, 1.82) is 0 Å². The zero-order valence-electron chi connectivity index (χ0n) is 20.6. The maximum atomic E-state index is 13.6. The summed E-state index contributed by atoms with van der Waals surface area (Å²) < 4.78 is 19.9. The van der Waals surface area contributed by atoms with Crippen molar-refractivity contribution in [2.75, 3.05) is 13.1 Å². The molecule has 0 spiro atoms. The molecule has 0 bridgehead atoms. The largest absolute Gasteiger partial charge is 0.492 e. The van der Waals surface area contributed by atoms with Gasteiger partial charge < -0.3 is 4.74 Å². The van der Waals surface area contributed by atoms with E-state index in [1.807, 2.05) is 30.3 Å². The molecular formula is C28H36FNOSi. The first-order valence-corrected chi connectivity index (χ1v) is 12.2. The summed E-state index contributed by atoms with van der Waals surface area (Å²) in [4.78, 5) is 2.36. The summed E-state index contributed by atoms with van der Waals surface area (Å²) in [6.45, 7) is 17.1. The van der Waals surface area contributed by atoms with Gasteiger partial charge in [0.15, 0.2) is 0 Å². The van der Waals surface area contributed by atoms with Crippen LogP contribution >= 0.6 is 0 Å². The van der Waals surface area contributed by atoms with Crippen molar-refractivity contribution >= 4 is 14.7 Å². The van der Waals surface area contributed by atoms with Gasteiger partial charge in [0.05, 0.1) is 5.22 Å². The predicted molar refractivity (Wildman–Crippen MR) is 135 cm³/mol. The van der Waals surface area contributed by atoms with Crippen LogP contribution < -0.4 is 9.92 Å². The lowest BCUT2D eigenvalue weighted by atomic mass is 9.98. The molecular weight excluding hydrogens is 413 g/mol. The highest BCUT2D eigenvalue weighted by atomic mass is 28.2. The number of ether oxygens (including phenoxy) is 1. The molecule has 32 heavy (non-hydrogen) atoms. The zero-order chi connectivity index (χ0) is 23.8. The van der Waals surface area contributed by atoms with Crippen LogP contribution in [0.5, 0.6) is 5.75 Å². The Morgan fingerprint density at radius 2 is 1.84 bits per heavy atom. The Morgan fingerprint density at radius 1 is 1.09 bits per heavy atom. The summed E-state index contributed by atoms with van der Waals surface area (Å²) in [5.41, 5.74) is 1.92. The third-order valence-corrected chi connectivity index (χ3v) is 6.04. The summed E-state index contributed by atoms with van der Waals surface area (Å²) in [5.74, 6) is 7.06. The van der Waals surface area contributed by atoms with Crippen LogP contribution in [0.3, 0.4) is 0 Å². The standard InChI is InChI=1S/C28H36FNOSi/c1-8-30(18-11-9-10-17-27(3,4)5)21-23-13-12-14-24(20-23)31-28(6,7)32-25-15-16-26(29)22(2)19-25/h9,11-16,19-20H,8,18,21H2,1-7H3. The molecule has 0 fully saturated rings. The van der Waals surface area contributed by atoms with Crippen LogP contribution in [0.25, 0.3) is 0 Å². The van der Waals surface area contributed by atoms with Crippen LogP contribution in [0.15, 0.2) is 54.6 Å². The van der Waals surface area contributed by atoms with Gasteiger partial charge in [0.1, 0.15) is 21.1 Å². The quantitative estimate of drug-likeness (QED) is 0.359. The average molecular weight is 450 g/mol. The minimum atomic E-state index is -0.373. The summed E-state index contributed by atoms with van der Waals surface area (Å²) in [5, 5.41) is 0.727. The molecule has 0 atom stereocenters. The molecule has 0 aliphatic carbocycles. The monoisotopic (exact) mass is 449 g/mol. The number of allylic oxidation sites excluding steroid dienone is 1. The van der Waals surface area contributed by atoms with Gasteiger partial charge in [-0.2, -0.15) is 0 Å². The molecule has 0 saturated heterocycles. The molecule has 2 rings (SSSR count). The Balaban J connectivity index is 1.99. The van der Waals surface area contributed by atoms with Crippen LogP contribution in [0.1, 0.15) is 52.7 Å². The third-order valence-electron chi connectivity index (χ3n) is 4.74. The Labute approximate surface area is 196 Å². The van der Waals surface area contributed by atoms with Gasteiger partial charge in [-0.15, -0.1) is 0 Å². The van der Waals surface area contributed by atoms with Crippen LogP contribution in [0, 0.1) is 30.0 Å². The van der Waals surface area contributed by atoms with Gasteiger partial charge in [0.2, 0.25) is 0 Å². The highest BCUT2D eigenvalue weighted by Gasteiger charge is 2.22. The van der Waals surface area contributed by atoms with Crippen molar-refractivity contribution in [3.8, 4) is 17.6 Å². The molecule has 0 heterocycles. The smallest absolute Gasteiger partial charge is 0.139 e. The molecule has 0 aromatic heterocycles. The first-order valence-electron chi connectivity index (χ1n) is 11.2. The molecule has 0 aliphatic heterocycles. The first-order chi connectivity index (χ1) is 15.0. The number of aryl methyl sites for hydroxylation is 1. The third kappa shape index (κ3) is 9.42. The maximum Gasteiger partial charge on any atom is 0.139 e. The lowest BCUT2D eigenvalue weighted by Gasteiger charge is -2.27. The van der Waals surface area contributed by atoms with E-state index >= 15 is 0 Å². The zero-order valence-corrected chi connectivity index (χ0v) is 21.6. The number of hydrogen-bond acceptors (Lipinski definition) is 2. The van der Waals surface area contributed by atoms with E-state index in [9.17, 15) is 4.39 Å². The van der Waals surface area contributed by atoms with Crippen LogP contribution in [-0.4, -0.2) is 32.7 Å². The molecule has 0 aliphatic rings. The van der Waals surface area contributed by atoms with E-state index in [2.05, 4.69) is 76.5 Å². The molecule has 170 valence electrons. The highest BCUT2D eigenvalue weighted by Crippen LogP contribution is 2.20. The predicted octanol–water partition coefficient (Wildman–Crippen LogP) is 5.71. The molecule has 0 N–H and O–H groups in total. The van der Waals surface area contributed by atoms with E-state index in [0.717, 1.165) is 30.6 Å². The van der Waals surface area contributed by atoms with E-state index in [4.69, 9.17) is 4.74 Å². The van der Waals surface area contributed by atoms with E-state index in [-0.39, 0.29) is 16.5 Å². The van der Waals surface area contributed by atoms with Crippen molar-refractivity contribution in [1.82, 2.24) is 4.90 Å². The Kier molecular flexibility index (Phi) is 9.30. The second-order valence-electron chi connectivity index (χ2n) is 9.60. The summed E-state index contributed by atoms with van der Waals surface area (Å²) in [6, 6.07) is 13.6. The minimum absolute atomic E-state index is 0.0269. The molecule has 2 aromatic rings. The molecule has 0 saturated carbocycles. The molecule has 0 unspecified atom stereocenters. The average Bonchev–Trinajstić information content (AvgIpc) is 2.68.